The third-order valence-electron chi connectivity index (χ3n) is 2.04. The molecule has 1 rings (SSSR count). The molecule has 0 radical (unpaired) electrons. The number of rotatable bonds is 5. The van der Waals surface area contributed by atoms with Crippen LogP contribution in [0.3, 0.4) is 0 Å². The molecule has 1 aromatic carbocycles. The van der Waals surface area contributed by atoms with Crippen LogP contribution in [0.5, 0.6) is 0 Å². The van der Waals surface area contributed by atoms with E-state index >= 15 is 0 Å². The number of thioether (sulfide) groups is 1. The van der Waals surface area contributed by atoms with Crippen LogP contribution in [0.1, 0.15) is 13.3 Å². The Bertz CT molecular complexity index is 374. The first kappa shape index (κ1) is 12.9. The number of anilines is 1. The van der Waals surface area contributed by atoms with E-state index in [2.05, 4.69) is 11.2 Å². The van der Waals surface area contributed by atoms with Gasteiger partial charge in [-0.1, -0.05) is 36.7 Å². The van der Waals surface area contributed by atoms with Gasteiger partial charge in [-0.05, 0) is 18.6 Å². The third kappa shape index (κ3) is 3.74. The lowest BCUT2D eigenvalue weighted by atomic mass is 10.2. The van der Waals surface area contributed by atoms with E-state index in [0.717, 1.165) is 6.42 Å². The molecule has 0 saturated carbocycles. The molecule has 0 fully saturated rings. The van der Waals surface area contributed by atoms with Gasteiger partial charge in [0.25, 0.3) is 5.76 Å². The predicted molar refractivity (Wildman–Crippen MR) is 64.8 cm³/mol. The summed E-state index contributed by atoms with van der Waals surface area (Å²) >= 11 is 0.524. The predicted octanol–water partition coefficient (Wildman–Crippen LogP) is 3.83. The molecule has 86 valence electrons. The van der Waals surface area contributed by atoms with E-state index in [1.807, 2.05) is 6.92 Å². The zero-order chi connectivity index (χ0) is 12.0. The minimum absolute atomic E-state index is 0.126. The fourth-order valence-corrected chi connectivity index (χ4v) is 1.84. The number of hydrogen-bond acceptors (Lipinski definition) is 2. The van der Waals surface area contributed by atoms with Crippen molar-refractivity contribution in [2.45, 2.75) is 30.0 Å². The van der Waals surface area contributed by atoms with Gasteiger partial charge >= 0.3 is 0 Å². The number of nitrogens with one attached hydrogen (secondary N) is 1. The summed E-state index contributed by atoms with van der Waals surface area (Å²) in [6.45, 7) is 1.94. The first-order valence-corrected chi connectivity index (χ1v) is 5.81. The molecule has 1 nitrogen and oxygen atoms in total. The standard InChI is InChI=1S/C12H13F2NS/c1-3-9(4-2)15-10-7-5-6-8-11(10)16-12(13)14/h1,5-9,12,15H,4H2,2H3. The van der Waals surface area contributed by atoms with E-state index in [9.17, 15) is 8.78 Å². The Hall–Kier alpha value is -1.21. The molecular formula is C12H13F2NS. The van der Waals surface area contributed by atoms with Crippen LogP contribution in [0.2, 0.25) is 0 Å². The highest BCUT2D eigenvalue weighted by Crippen LogP contribution is 2.31. The Morgan fingerprint density at radius 3 is 2.69 bits per heavy atom. The fourth-order valence-electron chi connectivity index (χ4n) is 1.23. The molecule has 1 unspecified atom stereocenters. The number of hydrogen-bond donors (Lipinski definition) is 1. The van der Waals surface area contributed by atoms with Gasteiger partial charge in [0.1, 0.15) is 0 Å². The number of alkyl halides is 2. The summed E-state index contributed by atoms with van der Waals surface area (Å²) < 4.78 is 24.6. The number of benzene rings is 1. The Kier molecular flexibility index (Phi) is 5.13. The quantitative estimate of drug-likeness (QED) is 0.621. The minimum atomic E-state index is -2.42. The van der Waals surface area contributed by atoms with Crippen molar-refractivity contribution in [3.05, 3.63) is 24.3 Å². The number of para-hydroxylation sites is 1. The van der Waals surface area contributed by atoms with Gasteiger partial charge < -0.3 is 5.32 Å². The number of terminal acetylenes is 1. The van der Waals surface area contributed by atoms with E-state index in [1.54, 1.807) is 24.3 Å². The first-order valence-electron chi connectivity index (χ1n) is 4.93. The van der Waals surface area contributed by atoms with Crippen molar-refractivity contribution < 1.29 is 8.78 Å². The molecular weight excluding hydrogens is 228 g/mol. The zero-order valence-corrected chi connectivity index (χ0v) is 9.73. The van der Waals surface area contributed by atoms with Crippen LogP contribution in [0, 0.1) is 12.3 Å². The van der Waals surface area contributed by atoms with Gasteiger partial charge in [0, 0.05) is 10.6 Å². The zero-order valence-electron chi connectivity index (χ0n) is 8.91. The van der Waals surface area contributed by atoms with Crippen molar-refractivity contribution >= 4 is 17.4 Å². The largest absolute Gasteiger partial charge is 0.371 e. The van der Waals surface area contributed by atoms with E-state index in [0.29, 0.717) is 22.3 Å². The molecule has 0 spiro atoms. The normalized spacial score (nSPS) is 12.2. The van der Waals surface area contributed by atoms with E-state index in [-0.39, 0.29) is 6.04 Å². The molecule has 1 atom stereocenters. The summed E-state index contributed by atoms with van der Waals surface area (Å²) in [5.41, 5.74) is 0.664. The maximum Gasteiger partial charge on any atom is 0.288 e. The Morgan fingerprint density at radius 1 is 1.44 bits per heavy atom. The second-order valence-corrected chi connectivity index (χ2v) is 4.18. The first-order chi connectivity index (χ1) is 7.67. The summed E-state index contributed by atoms with van der Waals surface area (Å²) in [4.78, 5) is 0.520. The molecule has 0 aliphatic heterocycles. The smallest absolute Gasteiger partial charge is 0.288 e. The highest BCUT2D eigenvalue weighted by Gasteiger charge is 2.11. The van der Waals surface area contributed by atoms with Crippen molar-refractivity contribution in [3.63, 3.8) is 0 Å². The molecule has 0 amide bonds. The van der Waals surface area contributed by atoms with Crippen LogP contribution in [-0.4, -0.2) is 11.8 Å². The van der Waals surface area contributed by atoms with Crippen molar-refractivity contribution in [3.8, 4) is 12.3 Å². The minimum Gasteiger partial charge on any atom is -0.371 e. The van der Waals surface area contributed by atoms with Crippen molar-refractivity contribution in [2.75, 3.05) is 5.32 Å². The molecule has 0 aliphatic carbocycles. The molecule has 1 aromatic rings. The van der Waals surface area contributed by atoms with Gasteiger partial charge in [-0.15, -0.1) is 6.42 Å². The van der Waals surface area contributed by atoms with Gasteiger partial charge in [0.2, 0.25) is 0 Å². The molecule has 0 bridgehead atoms. The van der Waals surface area contributed by atoms with Crippen LogP contribution in [0.4, 0.5) is 14.5 Å². The molecule has 0 aromatic heterocycles. The van der Waals surface area contributed by atoms with E-state index in [1.165, 1.54) is 0 Å². The Labute approximate surface area is 98.6 Å². The maximum atomic E-state index is 12.3. The monoisotopic (exact) mass is 241 g/mol. The summed E-state index contributed by atoms with van der Waals surface area (Å²) in [5.74, 6) is 0.151. The van der Waals surface area contributed by atoms with Crippen LogP contribution >= 0.6 is 11.8 Å². The van der Waals surface area contributed by atoms with E-state index < -0.39 is 5.76 Å². The molecule has 4 heteroatoms. The third-order valence-corrected chi connectivity index (χ3v) is 2.83. The Balaban J connectivity index is 2.82. The summed E-state index contributed by atoms with van der Waals surface area (Å²) in [5, 5.41) is 3.06. The van der Waals surface area contributed by atoms with Crippen LogP contribution < -0.4 is 5.32 Å². The lowest BCUT2D eigenvalue weighted by molar-refractivity contribution is 0.252. The second-order valence-electron chi connectivity index (χ2n) is 3.15. The van der Waals surface area contributed by atoms with Crippen molar-refractivity contribution in [2.24, 2.45) is 0 Å². The van der Waals surface area contributed by atoms with Gasteiger partial charge in [0.15, 0.2) is 0 Å². The summed E-state index contributed by atoms with van der Waals surface area (Å²) in [6, 6.07) is 6.81. The van der Waals surface area contributed by atoms with Crippen molar-refractivity contribution in [1.29, 1.82) is 0 Å². The fraction of sp³-hybridized carbons (Fsp3) is 0.333. The Morgan fingerprint density at radius 2 is 2.12 bits per heavy atom. The molecule has 0 heterocycles. The highest BCUT2D eigenvalue weighted by atomic mass is 32.2. The molecule has 0 aliphatic rings. The highest BCUT2D eigenvalue weighted by molar-refractivity contribution is 7.99. The molecule has 16 heavy (non-hydrogen) atoms. The lowest BCUT2D eigenvalue weighted by Gasteiger charge is -2.15. The maximum absolute atomic E-state index is 12.3. The topological polar surface area (TPSA) is 12.0 Å². The second kappa shape index (κ2) is 6.39. The van der Waals surface area contributed by atoms with Crippen molar-refractivity contribution in [1.82, 2.24) is 0 Å². The van der Waals surface area contributed by atoms with Crippen LogP contribution in [-0.2, 0) is 0 Å². The molecule has 1 N–H and O–H groups in total. The SMILES string of the molecule is C#CC(CC)Nc1ccccc1SC(F)F. The molecule has 0 saturated heterocycles. The average molecular weight is 241 g/mol. The van der Waals surface area contributed by atoms with Gasteiger partial charge in [-0.25, -0.2) is 0 Å². The average Bonchev–Trinajstić information content (AvgIpc) is 2.27. The lowest BCUT2D eigenvalue weighted by Crippen LogP contribution is -2.16. The van der Waals surface area contributed by atoms with Crippen LogP contribution in [0.15, 0.2) is 29.2 Å². The summed E-state index contributed by atoms with van der Waals surface area (Å²) in [7, 11) is 0. The van der Waals surface area contributed by atoms with E-state index in [4.69, 9.17) is 6.42 Å². The summed E-state index contributed by atoms with van der Waals surface area (Å²) in [6.07, 6.45) is 6.07. The number of halogens is 2. The van der Waals surface area contributed by atoms with Gasteiger partial charge in [-0.3, -0.25) is 0 Å². The van der Waals surface area contributed by atoms with Gasteiger partial charge in [-0.2, -0.15) is 8.78 Å². The van der Waals surface area contributed by atoms with Crippen LogP contribution in [0.25, 0.3) is 0 Å². The van der Waals surface area contributed by atoms with Gasteiger partial charge in [0.05, 0.1) is 6.04 Å².